The zero-order valence-corrected chi connectivity index (χ0v) is 20.1. The van der Waals surface area contributed by atoms with Gasteiger partial charge in [-0.05, 0) is 49.7 Å². The summed E-state index contributed by atoms with van der Waals surface area (Å²) in [6.07, 6.45) is 3.07. The van der Waals surface area contributed by atoms with Crippen LogP contribution in [0.4, 0.5) is 4.79 Å². The number of nitro groups is 1. The summed E-state index contributed by atoms with van der Waals surface area (Å²) in [6, 6.07) is 18.3. The zero-order chi connectivity index (χ0) is 24.8. The molecule has 1 aliphatic heterocycles. The lowest BCUT2D eigenvalue weighted by atomic mass is 9.82. The molecule has 4 rings (SSSR count). The number of nitrogens with zero attached hydrogens (tertiary/aromatic N) is 2. The number of likely N-dealkylation sites (tertiary alicyclic amines) is 1. The third-order valence-corrected chi connectivity index (χ3v) is 7.57. The number of hydrogen-bond donors (Lipinski definition) is 1. The van der Waals surface area contributed by atoms with Gasteiger partial charge in [-0.1, -0.05) is 60.7 Å². The number of aliphatic hydroxyl groups excluding tert-OH is 1. The quantitative estimate of drug-likeness (QED) is 0.438. The number of benzene rings is 2. The molecule has 1 saturated carbocycles. The van der Waals surface area contributed by atoms with Gasteiger partial charge in [-0.2, -0.15) is 0 Å². The lowest BCUT2D eigenvalue weighted by Crippen LogP contribution is -2.56. The molecule has 8 heteroatoms. The topological polar surface area (TPSA) is 102 Å². The van der Waals surface area contributed by atoms with E-state index in [2.05, 4.69) is 24.3 Å². The SMILES string of the molecule is C[C@@H]1C[C@](CO)([N+](=O)[O-])[C@H](COC2CCC(c3ccccc3)CC2)N1C(=O)OCc1ccccc1. The van der Waals surface area contributed by atoms with E-state index in [1.54, 1.807) is 6.92 Å². The lowest BCUT2D eigenvalue weighted by molar-refractivity contribution is -0.577. The van der Waals surface area contributed by atoms with Crippen LogP contribution in [0.15, 0.2) is 60.7 Å². The summed E-state index contributed by atoms with van der Waals surface area (Å²) in [5.41, 5.74) is 0.487. The highest BCUT2D eigenvalue weighted by atomic mass is 16.6. The van der Waals surface area contributed by atoms with Crippen LogP contribution >= 0.6 is 0 Å². The average molecular weight is 483 g/mol. The van der Waals surface area contributed by atoms with E-state index < -0.39 is 35.2 Å². The molecule has 35 heavy (non-hydrogen) atoms. The zero-order valence-electron chi connectivity index (χ0n) is 20.1. The van der Waals surface area contributed by atoms with Crippen molar-refractivity contribution in [1.29, 1.82) is 0 Å². The van der Waals surface area contributed by atoms with Crippen molar-refractivity contribution < 1.29 is 24.3 Å². The number of amides is 1. The number of carbonyl (C=O) groups is 1. The minimum atomic E-state index is -1.67. The van der Waals surface area contributed by atoms with Crippen molar-refractivity contribution in [3.63, 3.8) is 0 Å². The van der Waals surface area contributed by atoms with Crippen LogP contribution in [0.1, 0.15) is 56.1 Å². The van der Waals surface area contributed by atoms with E-state index in [1.807, 2.05) is 36.4 Å². The molecule has 2 fully saturated rings. The molecular weight excluding hydrogens is 448 g/mol. The molecule has 1 heterocycles. The van der Waals surface area contributed by atoms with Crippen LogP contribution < -0.4 is 0 Å². The maximum Gasteiger partial charge on any atom is 0.410 e. The molecule has 2 aliphatic rings. The van der Waals surface area contributed by atoms with Crippen molar-refractivity contribution in [1.82, 2.24) is 4.90 Å². The molecule has 1 N–H and O–H groups in total. The van der Waals surface area contributed by atoms with Gasteiger partial charge in [0.05, 0.1) is 12.7 Å². The van der Waals surface area contributed by atoms with Gasteiger partial charge in [0, 0.05) is 17.4 Å². The van der Waals surface area contributed by atoms with E-state index in [0.29, 0.717) is 5.92 Å². The predicted molar refractivity (Wildman–Crippen MR) is 131 cm³/mol. The summed E-state index contributed by atoms with van der Waals surface area (Å²) < 4.78 is 11.7. The Morgan fingerprint density at radius 1 is 1.09 bits per heavy atom. The van der Waals surface area contributed by atoms with Gasteiger partial charge in [0.1, 0.15) is 19.3 Å². The van der Waals surface area contributed by atoms with Gasteiger partial charge in [-0.3, -0.25) is 15.0 Å². The first kappa shape index (κ1) is 25.1. The van der Waals surface area contributed by atoms with E-state index in [0.717, 1.165) is 31.2 Å². The molecule has 2 aromatic rings. The average Bonchev–Trinajstić information content (AvgIpc) is 3.20. The van der Waals surface area contributed by atoms with Gasteiger partial charge >= 0.3 is 6.09 Å². The number of aliphatic hydroxyl groups is 1. The third kappa shape index (κ3) is 5.49. The summed E-state index contributed by atoms with van der Waals surface area (Å²) in [5.74, 6) is 0.488. The molecule has 8 nitrogen and oxygen atoms in total. The van der Waals surface area contributed by atoms with Gasteiger partial charge in [-0.25, -0.2) is 4.79 Å². The van der Waals surface area contributed by atoms with Gasteiger partial charge in [0.25, 0.3) is 5.54 Å². The van der Waals surface area contributed by atoms with E-state index >= 15 is 0 Å². The largest absolute Gasteiger partial charge is 0.445 e. The molecule has 188 valence electrons. The molecule has 1 aliphatic carbocycles. The fourth-order valence-electron chi connectivity index (χ4n) is 5.59. The van der Waals surface area contributed by atoms with E-state index in [9.17, 15) is 20.0 Å². The second-order valence-corrected chi connectivity index (χ2v) is 9.75. The first-order valence-electron chi connectivity index (χ1n) is 12.4. The molecule has 3 atom stereocenters. The van der Waals surface area contributed by atoms with Crippen LogP contribution in [0, 0.1) is 10.1 Å². The Balaban J connectivity index is 1.41. The van der Waals surface area contributed by atoms with Gasteiger partial charge in [-0.15, -0.1) is 0 Å². The second-order valence-electron chi connectivity index (χ2n) is 9.75. The standard InChI is InChI=1S/C27H34N2O6/c1-20-16-27(19-30,29(32)33)25(28(20)26(31)35-17-21-8-4-2-5-9-21)18-34-24-14-12-23(13-15-24)22-10-6-3-7-11-22/h2-11,20,23-25,30H,12-19H2,1H3/t20-,23?,24?,25+,27-/m1/s1. The number of rotatable bonds is 8. The predicted octanol–water partition coefficient (Wildman–Crippen LogP) is 4.54. The van der Waals surface area contributed by atoms with Crippen LogP contribution in [0.25, 0.3) is 0 Å². The van der Waals surface area contributed by atoms with Gasteiger partial charge in [0.15, 0.2) is 0 Å². The van der Waals surface area contributed by atoms with Crippen molar-refractivity contribution in [2.45, 2.75) is 75.3 Å². The molecule has 0 spiro atoms. The van der Waals surface area contributed by atoms with Crippen LogP contribution in [-0.2, 0) is 16.1 Å². The Bertz CT molecular complexity index is 980. The summed E-state index contributed by atoms with van der Waals surface area (Å²) in [4.78, 5) is 26.1. The van der Waals surface area contributed by atoms with Gasteiger partial charge in [0.2, 0.25) is 0 Å². The second kappa shape index (κ2) is 11.2. The summed E-state index contributed by atoms with van der Waals surface area (Å²) >= 11 is 0. The highest BCUT2D eigenvalue weighted by Gasteiger charge is 2.62. The third-order valence-electron chi connectivity index (χ3n) is 7.57. The molecule has 2 aromatic carbocycles. The highest BCUT2D eigenvalue weighted by Crippen LogP contribution is 2.38. The molecule has 0 bridgehead atoms. The Labute approximate surface area is 206 Å². The normalized spacial score (nSPS) is 28.6. The molecular formula is C27H34N2O6. The Kier molecular flexibility index (Phi) is 8.03. The smallest absolute Gasteiger partial charge is 0.410 e. The fourth-order valence-corrected chi connectivity index (χ4v) is 5.59. The number of hydrogen-bond acceptors (Lipinski definition) is 6. The minimum Gasteiger partial charge on any atom is -0.445 e. The Morgan fingerprint density at radius 2 is 1.71 bits per heavy atom. The van der Waals surface area contributed by atoms with Crippen LogP contribution in [0.2, 0.25) is 0 Å². The van der Waals surface area contributed by atoms with Gasteiger partial charge < -0.3 is 14.6 Å². The first-order valence-corrected chi connectivity index (χ1v) is 12.4. The molecule has 0 unspecified atom stereocenters. The first-order chi connectivity index (χ1) is 16.9. The van der Waals surface area contributed by atoms with Crippen LogP contribution in [0.3, 0.4) is 0 Å². The molecule has 0 radical (unpaired) electrons. The maximum atomic E-state index is 13.1. The van der Waals surface area contributed by atoms with E-state index in [4.69, 9.17) is 9.47 Å². The fraction of sp³-hybridized carbons (Fsp3) is 0.519. The van der Waals surface area contributed by atoms with Crippen molar-refractivity contribution in [2.75, 3.05) is 13.2 Å². The Morgan fingerprint density at radius 3 is 2.31 bits per heavy atom. The monoisotopic (exact) mass is 482 g/mol. The summed E-state index contributed by atoms with van der Waals surface area (Å²) in [5, 5.41) is 22.2. The number of ether oxygens (including phenoxy) is 2. The molecule has 1 saturated heterocycles. The van der Waals surface area contributed by atoms with Crippen LogP contribution in [0.5, 0.6) is 0 Å². The van der Waals surface area contributed by atoms with Crippen molar-refractivity contribution in [3.05, 3.63) is 81.9 Å². The minimum absolute atomic E-state index is 0.00696. The molecule has 0 aromatic heterocycles. The van der Waals surface area contributed by atoms with Crippen molar-refractivity contribution >= 4 is 6.09 Å². The Hall–Kier alpha value is -2.97. The van der Waals surface area contributed by atoms with E-state index in [1.165, 1.54) is 10.5 Å². The van der Waals surface area contributed by atoms with E-state index in [-0.39, 0.29) is 25.7 Å². The summed E-state index contributed by atoms with van der Waals surface area (Å²) in [6.45, 7) is 1.15. The number of carbonyl (C=O) groups excluding carboxylic acids is 1. The van der Waals surface area contributed by atoms with Crippen LogP contribution in [-0.4, -0.2) is 58.0 Å². The lowest BCUT2D eigenvalue weighted by Gasteiger charge is -2.34. The highest BCUT2D eigenvalue weighted by molar-refractivity contribution is 5.69. The summed E-state index contributed by atoms with van der Waals surface area (Å²) in [7, 11) is 0. The molecule has 1 amide bonds. The maximum absolute atomic E-state index is 13.1. The van der Waals surface area contributed by atoms with Crippen molar-refractivity contribution in [2.24, 2.45) is 0 Å². The van der Waals surface area contributed by atoms with Crippen molar-refractivity contribution in [3.8, 4) is 0 Å².